The zero-order valence-corrected chi connectivity index (χ0v) is 12.8. The maximum Gasteiger partial charge on any atom is 0.338 e. The summed E-state index contributed by atoms with van der Waals surface area (Å²) in [6, 6.07) is 4.72. The first-order valence-electron chi connectivity index (χ1n) is 6.43. The van der Waals surface area contributed by atoms with E-state index in [0.717, 1.165) is 5.56 Å². The van der Waals surface area contributed by atoms with E-state index in [-0.39, 0.29) is 30.3 Å². The third kappa shape index (κ3) is 4.42. The van der Waals surface area contributed by atoms with Crippen LogP contribution in [0, 0.1) is 6.92 Å². The van der Waals surface area contributed by atoms with Gasteiger partial charge < -0.3 is 20.1 Å². The number of esters is 1. The van der Waals surface area contributed by atoms with Gasteiger partial charge in [0.05, 0.1) is 25.9 Å². The molecule has 0 saturated carbocycles. The van der Waals surface area contributed by atoms with Crippen molar-refractivity contribution in [2.24, 2.45) is 0 Å². The zero-order valence-electron chi connectivity index (χ0n) is 12.0. The minimum atomic E-state index is -0.386. The normalized spacial score (nSPS) is 17.5. The topological polar surface area (TPSA) is 76.7 Å². The molecule has 0 bridgehead atoms. The summed E-state index contributed by atoms with van der Waals surface area (Å²) >= 11 is 0. The molecule has 6 nitrogen and oxygen atoms in total. The van der Waals surface area contributed by atoms with Crippen molar-refractivity contribution in [1.29, 1.82) is 0 Å². The molecule has 1 fully saturated rings. The van der Waals surface area contributed by atoms with E-state index in [1.165, 1.54) is 7.11 Å². The summed E-state index contributed by atoms with van der Waals surface area (Å²) in [5.74, 6) is -0.530. The van der Waals surface area contributed by atoms with Crippen molar-refractivity contribution < 1.29 is 19.1 Å². The predicted molar refractivity (Wildman–Crippen MR) is 81.0 cm³/mol. The second kappa shape index (κ2) is 7.97. The number of anilines is 1. The lowest BCUT2D eigenvalue weighted by Gasteiger charge is -2.23. The highest BCUT2D eigenvalue weighted by Crippen LogP contribution is 2.16. The average molecular weight is 315 g/mol. The number of nitrogens with one attached hydrogen (secondary N) is 2. The smallest absolute Gasteiger partial charge is 0.338 e. The van der Waals surface area contributed by atoms with Crippen molar-refractivity contribution in [2.45, 2.75) is 13.0 Å². The molecular formula is C14H19ClN2O4. The molecule has 1 amide bonds. The molecule has 1 heterocycles. The molecule has 1 saturated heterocycles. The standard InChI is InChI=1S/C14H18N2O4.ClH/c1-9-7-10(3-4-11(9)14(18)19-2)16-13(17)12-8-20-6-5-15-12;/h3-4,7,12,15H,5-6,8H2,1-2H3,(H,16,17);1H. The highest BCUT2D eigenvalue weighted by atomic mass is 35.5. The van der Waals surface area contributed by atoms with Gasteiger partial charge in [-0.15, -0.1) is 12.4 Å². The van der Waals surface area contributed by atoms with Crippen molar-refractivity contribution in [3.63, 3.8) is 0 Å². The fourth-order valence-corrected chi connectivity index (χ4v) is 2.04. The van der Waals surface area contributed by atoms with Crippen molar-refractivity contribution in [2.75, 3.05) is 32.2 Å². The van der Waals surface area contributed by atoms with E-state index in [0.29, 0.717) is 31.0 Å². The van der Waals surface area contributed by atoms with Crippen LogP contribution in [0.1, 0.15) is 15.9 Å². The Morgan fingerprint density at radius 1 is 1.43 bits per heavy atom. The van der Waals surface area contributed by atoms with Crippen molar-refractivity contribution in [3.05, 3.63) is 29.3 Å². The lowest BCUT2D eigenvalue weighted by Crippen LogP contribution is -2.48. The van der Waals surface area contributed by atoms with Gasteiger partial charge in [-0.1, -0.05) is 0 Å². The Balaban J connectivity index is 0.00000220. The minimum absolute atomic E-state index is 0. The quantitative estimate of drug-likeness (QED) is 0.818. The van der Waals surface area contributed by atoms with Crippen LogP contribution in [0.3, 0.4) is 0 Å². The molecule has 1 atom stereocenters. The lowest BCUT2D eigenvalue weighted by atomic mass is 10.1. The van der Waals surface area contributed by atoms with Gasteiger partial charge in [-0.3, -0.25) is 4.79 Å². The van der Waals surface area contributed by atoms with Crippen molar-refractivity contribution in [1.82, 2.24) is 5.32 Å². The average Bonchev–Trinajstić information content (AvgIpc) is 2.47. The summed E-state index contributed by atoms with van der Waals surface area (Å²) < 4.78 is 9.93. The van der Waals surface area contributed by atoms with Gasteiger partial charge in [0.15, 0.2) is 0 Å². The summed E-state index contributed by atoms with van der Waals surface area (Å²) in [6.45, 7) is 3.45. The molecule has 1 aromatic rings. The van der Waals surface area contributed by atoms with Crippen LogP contribution in [0.5, 0.6) is 0 Å². The van der Waals surface area contributed by atoms with Crippen LogP contribution in [-0.2, 0) is 14.3 Å². The van der Waals surface area contributed by atoms with E-state index in [1.807, 2.05) is 0 Å². The van der Waals surface area contributed by atoms with Crippen LogP contribution in [0.2, 0.25) is 0 Å². The van der Waals surface area contributed by atoms with E-state index >= 15 is 0 Å². The monoisotopic (exact) mass is 314 g/mol. The Kier molecular flexibility index (Phi) is 6.61. The maximum absolute atomic E-state index is 12.0. The van der Waals surface area contributed by atoms with Gasteiger partial charge in [0.25, 0.3) is 0 Å². The van der Waals surface area contributed by atoms with Crippen LogP contribution >= 0.6 is 12.4 Å². The molecule has 1 aliphatic rings. The number of morpholine rings is 1. The molecule has 0 aliphatic carbocycles. The van der Waals surface area contributed by atoms with Crippen molar-refractivity contribution >= 4 is 30.0 Å². The van der Waals surface area contributed by atoms with Gasteiger partial charge >= 0.3 is 5.97 Å². The molecule has 1 aromatic carbocycles. The number of halogens is 1. The highest BCUT2D eigenvalue weighted by Gasteiger charge is 2.21. The summed E-state index contributed by atoms with van der Waals surface area (Å²) in [6.07, 6.45) is 0. The largest absolute Gasteiger partial charge is 0.465 e. The van der Waals surface area contributed by atoms with Gasteiger partial charge in [0.1, 0.15) is 6.04 Å². The molecule has 2 rings (SSSR count). The van der Waals surface area contributed by atoms with E-state index in [1.54, 1.807) is 25.1 Å². The third-order valence-electron chi connectivity index (χ3n) is 3.14. The van der Waals surface area contributed by atoms with Crippen molar-refractivity contribution in [3.8, 4) is 0 Å². The number of hydrogen-bond donors (Lipinski definition) is 2. The Hall–Kier alpha value is -1.63. The summed E-state index contributed by atoms with van der Waals surface area (Å²) in [4.78, 5) is 23.5. The first kappa shape index (κ1) is 17.4. The highest BCUT2D eigenvalue weighted by molar-refractivity contribution is 5.96. The number of benzene rings is 1. The number of amides is 1. The van der Waals surface area contributed by atoms with Crippen LogP contribution in [0.15, 0.2) is 18.2 Å². The molecule has 116 valence electrons. The van der Waals surface area contributed by atoms with E-state index in [9.17, 15) is 9.59 Å². The summed E-state index contributed by atoms with van der Waals surface area (Å²) in [5.41, 5.74) is 1.89. The Labute approximate surface area is 129 Å². The SMILES string of the molecule is COC(=O)c1ccc(NC(=O)C2COCCN2)cc1C.Cl. The number of ether oxygens (including phenoxy) is 2. The third-order valence-corrected chi connectivity index (χ3v) is 3.14. The molecule has 21 heavy (non-hydrogen) atoms. The predicted octanol–water partition coefficient (Wildman–Crippen LogP) is 1.13. The fraction of sp³-hybridized carbons (Fsp3) is 0.429. The second-order valence-electron chi connectivity index (χ2n) is 4.59. The number of rotatable bonds is 3. The van der Waals surface area contributed by atoms with Crippen LogP contribution in [0.4, 0.5) is 5.69 Å². The second-order valence-corrected chi connectivity index (χ2v) is 4.59. The van der Waals surface area contributed by atoms with Gasteiger partial charge in [0.2, 0.25) is 5.91 Å². The molecule has 0 spiro atoms. The summed E-state index contributed by atoms with van der Waals surface area (Å²) in [7, 11) is 1.34. The number of hydrogen-bond acceptors (Lipinski definition) is 5. The number of aryl methyl sites for hydroxylation is 1. The molecule has 0 radical (unpaired) electrons. The minimum Gasteiger partial charge on any atom is -0.465 e. The van der Waals surface area contributed by atoms with Gasteiger partial charge in [0, 0.05) is 12.2 Å². The fourth-order valence-electron chi connectivity index (χ4n) is 2.04. The lowest BCUT2D eigenvalue weighted by molar-refractivity contribution is -0.120. The Morgan fingerprint density at radius 2 is 2.19 bits per heavy atom. The Bertz CT molecular complexity index is 516. The molecule has 1 aliphatic heterocycles. The van der Waals surface area contributed by atoms with Gasteiger partial charge in [-0.25, -0.2) is 4.79 Å². The van der Waals surface area contributed by atoms with E-state index < -0.39 is 0 Å². The van der Waals surface area contributed by atoms with Crippen LogP contribution in [-0.4, -0.2) is 44.8 Å². The summed E-state index contributed by atoms with van der Waals surface area (Å²) in [5, 5.41) is 5.88. The van der Waals surface area contributed by atoms with Gasteiger partial charge in [-0.2, -0.15) is 0 Å². The molecule has 7 heteroatoms. The van der Waals surface area contributed by atoms with Crippen LogP contribution < -0.4 is 10.6 Å². The molecule has 2 N–H and O–H groups in total. The zero-order chi connectivity index (χ0) is 14.5. The molecule has 0 aromatic heterocycles. The number of carbonyl (C=O) groups excluding carboxylic acids is 2. The van der Waals surface area contributed by atoms with Gasteiger partial charge in [-0.05, 0) is 30.7 Å². The number of carbonyl (C=O) groups is 2. The maximum atomic E-state index is 12.0. The first-order valence-corrected chi connectivity index (χ1v) is 6.43. The molecule has 1 unspecified atom stereocenters. The Morgan fingerprint density at radius 3 is 2.76 bits per heavy atom. The first-order chi connectivity index (χ1) is 9.61. The molecular weight excluding hydrogens is 296 g/mol. The van der Waals surface area contributed by atoms with E-state index in [4.69, 9.17) is 4.74 Å². The number of methoxy groups -OCH3 is 1. The van der Waals surface area contributed by atoms with E-state index in [2.05, 4.69) is 15.4 Å². The van der Waals surface area contributed by atoms with Crippen LogP contribution in [0.25, 0.3) is 0 Å².